The van der Waals surface area contributed by atoms with Gasteiger partial charge in [0, 0.05) is 18.0 Å². The number of nitrogens with zero attached hydrogens (tertiary/aromatic N) is 1. The van der Waals surface area contributed by atoms with Gasteiger partial charge in [0.1, 0.15) is 29.0 Å². The first-order chi connectivity index (χ1) is 11.4. The largest absolute Gasteiger partial charge is 0.508 e. The first kappa shape index (κ1) is 17.0. The van der Waals surface area contributed by atoms with Crippen molar-refractivity contribution >= 4 is 17.3 Å². The maximum Gasteiger partial charge on any atom is 0.267 e. The Kier molecular flexibility index (Phi) is 5.12. The smallest absolute Gasteiger partial charge is 0.267 e. The molecule has 2 rings (SSSR count). The summed E-state index contributed by atoms with van der Waals surface area (Å²) in [6.45, 7) is 1.68. The normalized spacial score (nSPS) is 10.8. The number of carbonyl (C=O) groups excluding carboxylic acids is 1. The summed E-state index contributed by atoms with van der Waals surface area (Å²) in [5.74, 6) is -2.24. The van der Waals surface area contributed by atoms with Gasteiger partial charge < -0.3 is 15.7 Å². The zero-order valence-corrected chi connectivity index (χ0v) is 12.6. The first-order valence-electron chi connectivity index (χ1n) is 6.83. The van der Waals surface area contributed by atoms with Gasteiger partial charge in [-0.3, -0.25) is 4.79 Å². The molecule has 0 spiro atoms. The van der Waals surface area contributed by atoms with E-state index in [1.54, 1.807) is 13.0 Å². The van der Waals surface area contributed by atoms with Crippen molar-refractivity contribution in [2.75, 3.05) is 10.6 Å². The number of carbonyl (C=O) groups is 1. The van der Waals surface area contributed by atoms with Crippen molar-refractivity contribution < 1.29 is 18.7 Å². The zero-order valence-electron chi connectivity index (χ0n) is 12.6. The van der Waals surface area contributed by atoms with Gasteiger partial charge in [0.15, 0.2) is 0 Å². The molecule has 1 amide bonds. The fourth-order valence-corrected chi connectivity index (χ4v) is 1.88. The lowest BCUT2D eigenvalue weighted by molar-refractivity contribution is -0.112. The SMILES string of the molecule is Cc1cc(O)ccc1NC(=O)/C(C#N)=C\Nc1ccc(F)cc1F. The topological polar surface area (TPSA) is 85.2 Å². The van der Waals surface area contributed by atoms with E-state index in [2.05, 4.69) is 10.6 Å². The van der Waals surface area contributed by atoms with Crippen molar-refractivity contribution in [3.8, 4) is 11.8 Å². The summed E-state index contributed by atoms with van der Waals surface area (Å²) in [6.07, 6.45) is 1.03. The minimum atomic E-state index is -0.849. The molecular formula is C17H13F2N3O2. The fraction of sp³-hybridized carbons (Fsp3) is 0.0588. The number of nitriles is 1. The molecule has 0 bridgehead atoms. The van der Waals surface area contributed by atoms with Crippen LogP contribution in [0.15, 0.2) is 48.2 Å². The van der Waals surface area contributed by atoms with Crippen LogP contribution in [-0.2, 0) is 4.79 Å². The molecule has 0 aliphatic rings. The van der Waals surface area contributed by atoms with Crippen molar-refractivity contribution in [1.82, 2.24) is 0 Å². The van der Waals surface area contributed by atoms with E-state index >= 15 is 0 Å². The lowest BCUT2D eigenvalue weighted by atomic mass is 10.2. The number of halogens is 2. The van der Waals surface area contributed by atoms with Crippen molar-refractivity contribution in [2.24, 2.45) is 0 Å². The number of nitrogens with one attached hydrogen (secondary N) is 2. The molecule has 122 valence electrons. The Morgan fingerprint density at radius 3 is 2.54 bits per heavy atom. The van der Waals surface area contributed by atoms with E-state index in [4.69, 9.17) is 5.26 Å². The van der Waals surface area contributed by atoms with Crippen molar-refractivity contribution in [3.63, 3.8) is 0 Å². The number of anilines is 2. The molecule has 2 aromatic carbocycles. The van der Waals surface area contributed by atoms with E-state index in [0.29, 0.717) is 17.3 Å². The molecule has 0 aromatic heterocycles. The van der Waals surface area contributed by atoms with Crippen LogP contribution in [0.25, 0.3) is 0 Å². The Hall–Kier alpha value is -3.40. The second kappa shape index (κ2) is 7.24. The molecule has 5 nitrogen and oxygen atoms in total. The first-order valence-corrected chi connectivity index (χ1v) is 6.83. The summed E-state index contributed by atoms with van der Waals surface area (Å²) in [6, 6.07) is 8.92. The third-order valence-corrected chi connectivity index (χ3v) is 3.13. The van der Waals surface area contributed by atoms with E-state index in [1.807, 2.05) is 0 Å². The molecule has 0 atom stereocenters. The van der Waals surface area contributed by atoms with Gasteiger partial charge in [-0.2, -0.15) is 5.26 Å². The monoisotopic (exact) mass is 329 g/mol. The molecule has 3 N–H and O–H groups in total. The minimum Gasteiger partial charge on any atom is -0.508 e. The number of rotatable bonds is 4. The summed E-state index contributed by atoms with van der Waals surface area (Å²) < 4.78 is 26.3. The second-order valence-electron chi connectivity index (χ2n) is 4.89. The van der Waals surface area contributed by atoms with Crippen LogP contribution in [0.4, 0.5) is 20.2 Å². The van der Waals surface area contributed by atoms with Crippen LogP contribution in [0.1, 0.15) is 5.56 Å². The molecule has 24 heavy (non-hydrogen) atoms. The van der Waals surface area contributed by atoms with Gasteiger partial charge in [0.05, 0.1) is 5.69 Å². The molecule has 2 aromatic rings. The molecule has 0 saturated heterocycles. The fourth-order valence-electron chi connectivity index (χ4n) is 1.88. The lowest BCUT2D eigenvalue weighted by Crippen LogP contribution is -2.15. The zero-order chi connectivity index (χ0) is 17.7. The summed E-state index contributed by atoms with van der Waals surface area (Å²) in [7, 11) is 0. The van der Waals surface area contributed by atoms with Gasteiger partial charge in [0.25, 0.3) is 5.91 Å². The highest BCUT2D eigenvalue weighted by atomic mass is 19.1. The number of aryl methyl sites for hydroxylation is 1. The Morgan fingerprint density at radius 1 is 1.21 bits per heavy atom. The Morgan fingerprint density at radius 2 is 1.92 bits per heavy atom. The van der Waals surface area contributed by atoms with Gasteiger partial charge >= 0.3 is 0 Å². The van der Waals surface area contributed by atoms with Crippen LogP contribution in [0.2, 0.25) is 0 Å². The molecule has 7 heteroatoms. The average Bonchev–Trinajstić information content (AvgIpc) is 2.52. The minimum absolute atomic E-state index is 0.0509. The summed E-state index contributed by atoms with van der Waals surface area (Å²) in [5.41, 5.74) is 0.661. The van der Waals surface area contributed by atoms with Gasteiger partial charge in [-0.15, -0.1) is 0 Å². The maximum absolute atomic E-state index is 13.5. The number of phenols is 1. The van der Waals surface area contributed by atoms with E-state index in [0.717, 1.165) is 18.3 Å². The molecule has 0 aliphatic heterocycles. The number of hydrogen-bond donors (Lipinski definition) is 3. The van der Waals surface area contributed by atoms with E-state index in [1.165, 1.54) is 18.2 Å². The predicted molar refractivity (Wildman–Crippen MR) is 85.2 cm³/mol. The van der Waals surface area contributed by atoms with Crippen LogP contribution in [0.5, 0.6) is 5.75 Å². The van der Waals surface area contributed by atoms with Gasteiger partial charge in [-0.25, -0.2) is 8.78 Å². The van der Waals surface area contributed by atoms with Crippen LogP contribution in [-0.4, -0.2) is 11.0 Å². The van der Waals surface area contributed by atoms with E-state index < -0.39 is 17.5 Å². The molecule has 0 unspecified atom stereocenters. The quantitative estimate of drug-likeness (QED) is 0.456. The van der Waals surface area contributed by atoms with Crippen molar-refractivity contribution in [2.45, 2.75) is 6.92 Å². The van der Waals surface area contributed by atoms with Gasteiger partial charge in [-0.05, 0) is 42.8 Å². The highest BCUT2D eigenvalue weighted by Crippen LogP contribution is 2.21. The highest BCUT2D eigenvalue weighted by Gasteiger charge is 2.11. The number of aromatic hydroxyl groups is 1. The standard InChI is InChI=1S/C17H13F2N3O2/c1-10-6-13(23)3-5-15(10)22-17(24)11(8-20)9-21-16-4-2-12(18)7-14(16)19/h2-7,9,21,23H,1H3,(H,22,24)/b11-9-. The molecule has 0 radical (unpaired) electrons. The molecule has 0 saturated carbocycles. The Balaban J connectivity index is 2.15. The number of hydrogen-bond acceptors (Lipinski definition) is 4. The predicted octanol–water partition coefficient (Wildman–Crippen LogP) is 3.44. The van der Waals surface area contributed by atoms with Gasteiger partial charge in [-0.1, -0.05) is 0 Å². The number of amides is 1. The summed E-state index contributed by atoms with van der Waals surface area (Å²) in [4.78, 5) is 12.1. The Labute approximate surface area is 136 Å². The van der Waals surface area contributed by atoms with Crippen molar-refractivity contribution in [3.05, 3.63) is 65.4 Å². The summed E-state index contributed by atoms with van der Waals surface area (Å²) in [5, 5.41) is 23.4. The lowest BCUT2D eigenvalue weighted by Gasteiger charge is -2.08. The van der Waals surface area contributed by atoms with Crippen LogP contribution < -0.4 is 10.6 Å². The van der Waals surface area contributed by atoms with E-state index in [9.17, 15) is 18.7 Å². The summed E-state index contributed by atoms with van der Waals surface area (Å²) >= 11 is 0. The third kappa shape index (κ3) is 4.08. The highest BCUT2D eigenvalue weighted by molar-refractivity contribution is 6.07. The molecular weight excluding hydrogens is 316 g/mol. The molecule has 0 heterocycles. The number of benzene rings is 2. The van der Waals surface area contributed by atoms with E-state index in [-0.39, 0.29) is 17.0 Å². The maximum atomic E-state index is 13.5. The van der Waals surface area contributed by atoms with Crippen LogP contribution >= 0.6 is 0 Å². The van der Waals surface area contributed by atoms with Crippen molar-refractivity contribution in [1.29, 1.82) is 5.26 Å². The second-order valence-corrected chi connectivity index (χ2v) is 4.89. The van der Waals surface area contributed by atoms with Gasteiger partial charge in [0.2, 0.25) is 0 Å². The third-order valence-electron chi connectivity index (χ3n) is 3.13. The van der Waals surface area contributed by atoms with Crippen LogP contribution in [0.3, 0.4) is 0 Å². The Bertz CT molecular complexity index is 857. The average molecular weight is 329 g/mol. The molecule has 0 aliphatic carbocycles. The van der Waals surface area contributed by atoms with Crippen LogP contribution in [0, 0.1) is 29.9 Å². The molecule has 0 fully saturated rings. The number of phenolic OH excluding ortho intramolecular Hbond substituents is 1.